The Labute approximate surface area is 224 Å². The summed E-state index contributed by atoms with van der Waals surface area (Å²) in [5.41, 5.74) is 4.08. The highest BCUT2D eigenvalue weighted by atomic mass is 19.1. The molecule has 6 nitrogen and oxygen atoms in total. The second-order valence-electron chi connectivity index (χ2n) is 9.65. The molecule has 1 fully saturated rings. The molecule has 0 spiro atoms. The van der Waals surface area contributed by atoms with Crippen molar-refractivity contribution in [3.05, 3.63) is 102 Å². The lowest BCUT2D eigenvalue weighted by Gasteiger charge is -2.36. The maximum atomic E-state index is 13.2. The molecule has 0 amide bonds. The highest BCUT2D eigenvalue weighted by molar-refractivity contribution is 5.59. The second-order valence-corrected chi connectivity index (χ2v) is 9.65. The van der Waals surface area contributed by atoms with E-state index in [0.717, 1.165) is 86.4 Å². The Morgan fingerprint density at radius 3 is 2.37 bits per heavy atom. The van der Waals surface area contributed by atoms with Crippen LogP contribution in [0.2, 0.25) is 0 Å². The van der Waals surface area contributed by atoms with Crippen LogP contribution in [0.4, 0.5) is 10.1 Å². The number of likely N-dealkylation sites (N-methyl/N-ethyl adjacent to an activating group) is 1. The summed E-state index contributed by atoms with van der Waals surface area (Å²) in [6.45, 7) is 10.3. The van der Waals surface area contributed by atoms with Gasteiger partial charge >= 0.3 is 0 Å². The number of piperazine rings is 1. The van der Waals surface area contributed by atoms with E-state index in [0.29, 0.717) is 6.61 Å². The summed E-state index contributed by atoms with van der Waals surface area (Å²) in [5.74, 6) is 1.51. The summed E-state index contributed by atoms with van der Waals surface area (Å²) in [6, 6.07) is 27.0. The van der Waals surface area contributed by atoms with E-state index in [1.54, 1.807) is 0 Å². The zero-order valence-electron chi connectivity index (χ0n) is 21.9. The Bertz CT molecular complexity index is 1250. The molecule has 3 aromatic carbocycles. The molecule has 0 radical (unpaired) electrons. The van der Waals surface area contributed by atoms with Gasteiger partial charge in [-0.15, -0.1) is 0 Å². The minimum atomic E-state index is -0.187. The predicted octanol–water partition coefficient (Wildman–Crippen LogP) is 5.70. The van der Waals surface area contributed by atoms with Gasteiger partial charge in [0.15, 0.2) is 5.76 Å². The van der Waals surface area contributed by atoms with E-state index in [9.17, 15) is 4.39 Å². The van der Waals surface area contributed by atoms with Crippen molar-refractivity contribution >= 4 is 5.69 Å². The number of hydrogen-bond acceptors (Lipinski definition) is 6. The molecule has 0 saturated carbocycles. The van der Waals surface area contributed by atoms with Crippen LogP contribution in [-0.4, -0.2) is 60.8 Å². The van der Waals surface area contributed by atoms with Crippen LogP contribution in [0.1, 0.15) is 18.2 Å². The van der Waals surface area contributed by atoms with Crippen molar-refractivity contribution in [1.82, 2.24) is 15.0 Å². The van der Waals surface area contributed by atoms with Crippen molar-refractivity contribution in [2.75, 3.05) is 50.7 Å². The number of ether oxygens (including phenoxy) is 1. The first kappa shape index (κ1) is 25.9. The van der Waals surface area contributed by atoms with Crippen LogP contribution < -0.4 is 9.64 Å². The third-order valence-electron chi connectivity index (χ3n) is 7.08. The molecule has 7 heteroatoms. The molecule has 1 aliphatic rings. The Hall–Kier alpha value is -3.68. The zero-order chi connectivity index (χ0) is 26.2. The molecule has 0 aliphatic carbocycles. The summed E-state index contributed by atoms with van der Waals surface area (Å²) < 4.78 is 24.8. The van der Waals surface area contributed by atoms with Crippen LogP contribution in [0.3, 0.4) is 0 Å². The summed E-state index contributed by atoms with van der Waals surface area (Å²) >= 11 is 0. The number of nitrogens with zero attached hydrogens (tertiary/aromatic N) is 4. The Balaban J connectivity index is 1.07. The lowest BCUT2D eigenvalue weighted by Crippen LogP contribution is -2.48. The molecule has 38 heavy (non-hydrogen) atoms. The number of anilines is 1. The Morgan fingerprint density at radius 2 is 1.66 bits per heavy atom. The number of aromatic nitrogens is 1. The topological polar surface area (TPSA) is 45.0 Å². The first-order valence-electron chi connectivity index (χ1n) is 13.3. The highest BCUT2D eigenvalue weighted by Gasteiger charge is 2.18. The van der Waals surface area contributed by atoms with Crippen LogP contribution in [-0.2, 0) is 13.2 Å². The Morgan fingerprint density at radius 1 is 0.921 bits per heavy atom. The lowest BCUT2D eigenvalue weighted by molar-refractivity contribution is 0.185. The van der Waals surface area contributed by atoms with Crippen molar-refractivity contribution in [3.63, 3.8) is 0 Å². The molecule has 1 saturated heterocycles. The highest BCUT2D eigenvalue weighted by Crippen LogP contribution is 2.23. The van der Waals surface area contributed by atoms with Gasteiger partial charge in [0.05, 0.1) is 6.54 Å². The molecule has 198 valence electrons. The van der Waals surface area contributed by atoms with E-state index < -0.39 is 0 Å². The summed E-state index contributed by atoms with van der Waals surface area (Å²) in [4.78, 5) is 7.21. The Kier molecular flexibility index (Phi) is 8.68. The van der Waals surface area contributed by atoms with Crippen molar-refractivity contribution in [3.8, 4) is 17.0 Å². The zero-order valence-corrected chi connectivity index (χ0v) is 21.9. The molecule has 2 heterocycles. The van der Waals surface area contributed by atoms with Gasteiger partial charge in [-0.25, -0.2) is 4.39 Å². The van der Waals surface area contributed by atoms with Crippen molar-refractivity contribution in [1.29, 1.82) is 0 Å². The quantitative estimate of drug-likeness (QED) is 0.256. The number of benzene rings is 3. The summed E-state index contributed by atoms with van der Waals surface area (Å²) in [7, 11) is 0. The van der Waals surface area contributed by atoms with E-state index >= 15 is 0 Å². The van der Waals surface area contributed by atoms with E-state index in [1.165, 1.54) is 12.1 Å². The first-order chi connectivity index (χ1) is 18.7. The lowest BCUT2D eigenvalue weighted by atomic mass is 10.1. The van der Waals surface area contributed by atoms with Gasteiger partial charge in [-0.05, 0) is 60.6 Å². The summed E-state index contributed by atoms with van der Waals surface area (Å²) in [6.07, 6.45) is 0. The van der Waals surface area contributed by atoms with Gasteiger partial charge in [0.2, 0.25) is 0 Å². The van der Waals surface area contributed by atoms with Crippen molar-refractivity contribution in [2.45, 2.75) is 20.1 Å². The standard InChI is InChI=1S/C31H35FN4O2/c1-2-34(16-17-35-18-20-36(21-19-35)28-12-10-27(32)11-13-28)23-30-22-31(33-38-30)26-8-14-29(15-9-26)37-24-25-6-4-3-5-7-25/h3-15,22H,2,16-21,23-24H2,1H3. The molecule has 0 unspecified atom stereocenters. The van der Waals surface area contributed by atoms with Crippen molar-refractivity contribution in [2.24, 2.45) is 0 Å². The average Bonchev–Trinajstić information content (AvgIpc) is 3.44. The van der Waals surface area contributed by atoms with Gasteiger partial charge in [-0.2, -0.15) is 0 Å². The number of hydrogen-bond donors (Lipinski definition) is 0. The monoisotopic (exact) mass is 514 g/mol. The predicted molar refractivity (Wildman–Crippen MR) is 149 cm³/mol. The van der Waals surface area contributed by atoms with E-state index in [2.05, 4.69) is 38.9 Å². The molecule has 0 N–H and O–H groups in total. The summed E-state index contributed by atoms with van der Waals surface area (Å²) in [5, 5.41) is 4.31. The van der Waals surface area contributed by atoms with Gasteiger partial charge in [0.1, 0.15) is 23.9 Å². The fraction of sp³-hybridized carbons (Fsp3) is 0.323. The SMILES string of the molecule is CCN(CCN1CCN(c2ccc(F)cc2)CC1)Cc1cc(-c2ccc(OCc3ccccc3)cc2)no1. The molecule has 1 aromatic heterocycles. The van der Waals surface area contributed by atoms with Gasteiger partial charge in [-0.3, -0.25) is 9.80 Å². The fourth-order valence-corrected chi connectivity index (χ4v) is 4.72. The van der Waals surface area contributed by atoms with Gasteiger partial charge in [0, 0.05) is 56.6 Å². The van der Waals surface area contributed by atoms with Crippen LogP contribution >= 0.6 is 0 Å². The average molecular weight is 515 g/mol. The third-order valence-corrected chi connectivity index (χ3v) is 7.08. The van der Waals surface area contributed by atoms with Crippen LogP contribution in [0.25, 0.3) is 11.3 Å². The molecule has 0 atom stereocenters. The van der Waals surface area contributed by atoms with E-state index in [4.69, 9.17) is 9.26 Å². The third kappa shape index (κ3) is 7.00. The molecule has 0 bridgehead atoms. The largest absolute Gasteiger partial charge is 0.489 e. The smallest absolute Gasteiger partial charge is 0.151 e. The van der Waals surface area contributed by atoms with Gasteiger partial charge in [-0.1, -0.05) is 42.4 Å². The second kappa shape index (κ2) is 12.7. The maximum absolute atomic E-state index is 13.2. The minimum Gasteiger partial charge on any atom is -0.489 e. The van der Waals surface area contributed by atoms with Crippen LogP contribution in [0.5, 0.6) is 5.75 Å². The number of halogens is 1. The van der Waals surface area contributed by atoms with Gasteiger partial charge < -0.3 is 14.2 Å². The maximum Gasteiger partial charge on any atom is 0.151 e. The van der Waals surface area contributed by atoms with E-state index in [-0.39, 0.29) is 5.82 Å². The molecule has 1 aliphatic heterocycles. The molecule has 5 rings (SSSR count). The molecular weight excluding hydrogens is 479 g/mol. The van der Waals surface area contributed by atoms with E-state index in [1.807, 2.05) is 60.7 Å². The van der Waals surface area contributed by atoms with Crippen LogP contribution in [0.15, 0.2) is 89.5 Å². The van der Waals surface area contributed by atoms with Crippen LogP contribution in [0, 0.1) is 5.82 Å². The minimum absolute atomic E-state index is 0.187. The fourth-order valence-electron chi connectivity index (χ4n) is 4.72. The van der Waals surface area contributed by atoms with Gasteiger partial charge in [0.25, 0.3) is 0 Å². The van der Waals surface area contributed by atoms with Crippen molar-refractivity contribution < 1.29 is 13.7 Å². The molecular formula is C31H35FN4O2. The number of rotatable bonds is 11. The normalized spacial score (nSPS) is 14.2. The first-order valence-corrected chi connectivity index (χ1v) is 13.3. The molecule has 4 aromatic rings.